The zero-order valence-electron chi connectivity index (χ0n) is 16.0. The SMILES string of the molecule is N#Cc1ccc(CN2CCN(C(=O)Nc3ccc(OCC(F)(F)F)nc3)CC2)cc1. The normalized spacial score (nSPS) is 14.8. The third-order valence-corrected chi connectivity index (χ3v) is 4.52. The minimum Gasteiger partial charge on any atom is -0.468 e. The molecule has 1 aliphatic rings. The van der Waals surface area contributed by atoms with Crippen molar-refractivity contribution in [3.8, 4) is 11.9 Å². The Bertz CT molecular complexity index is 887. The van der Waals surface area contributed by atoms with Crippen LogP contribution in [0, 0.1) is 11.3 Å². The number of carbonyl (C=O) groups excluding carboxylic acids is 1. The monoisotopic (exact) mass is 419 g/mol. The van der Waals surface area contributed by atoms with Gasteiger partial charge in [-0.15, -0.1) is 0 Å². The van der Waals surface area contributed by atoms with Gasteiger partial charge in [-0.1, -0.05) is 12.1 Å². The van der Waals surface area contributed by atoms with Crippen LogP contribution in [0.3, 0.4) is 0 Å². The number of pyridine rings is 1. The maximum absolute atomic E-state index is 12.4. The minimum absolute atomic E-state index is 0.165. The number of piperazine rings is 1. The molecule has 2 amide bonds. The molecule has 0 radical (unpaired) electrons. The van der Waals surface area contributed by atoms with Crippen LogP contribution in [0.15, 0.2) is 42.6 Å². The van der Waals surface area contributed by atoms with E-state index in [4.69, 9.17) is 5.26 Å². The van der Waals surface area contributed by atoms with Crippen LogP contribution in [-0.4, -0.2) is 59.8 Å². The zero-order valence-corrected chi connectivity index (χ0v) is 16.0. The molecule has 30 heavy (non-hydrogen) atoms. The van der Waals surface area contributed by atoms with E-state index < -0.39 is 12.8 Å². The second kappa shape index (κ2) is 9.45. The van der Waals surface area contributed by atoms with E-state index in [1.807, 2.05) is 12.1 Å². The molecule has 1 aromatic heterocycles. The van der Waals surface area contributed by atoms with Gasteiger partial charge in [-0.3, -0.25) is 4.90 Å². The van der Waals surface area contributed by atoms with Gasteiger partial charge in [-0.05, 0) is 23.8 Å². The predicted octanol–water partition coefficient (Wildman–Crippen LogP) is 3.24. The van der Waals surface area contributed by atoms with E-state index in [0.29, 0.717) is 37.4 Å². The van der Waals surface area contributed by atoms with E-state index in [-0.39, 0.29) is 11.9 Å². The van der Waals surface area contributed by atoms with Crippen LogP contribution < -0.4 is 10.1 Å². The number of urea groups is 1. The van der Waals surface area contributed by atoms with Crippen LogP contribution in [0.2, 0.25) is 0 Å². The molecule has 0 atom stereocenters. The van der Waals surface area contributed by atoms with Crippen molar-refractivity contribution < 1.29 is 22.7 Å². The van der Waals surface area contributed by atoms with Gasteiger partial charge in [0.2, 0.25) is 5.88 Å². The molecule has 2 aromatic rings. The van der Waals surface area contributed by atoms with Crippen LogP contribution in [-0.2, 0) is 6.54 Å². The van der Waals surface area contributed by atoms with Crippen molar-refractivity contribution in [3.05, 3.63) is 53.7 Å². The van der Waals surface area contributed by atoms with E-state index in [1.165, 1.54) is 18.3 Å². The number of halogens is 3. The average molecular weight is 419 g/mol. The number of carbonyl (C=O) groups is 1. The smallest absolute Gasteiger partial charge is 0.422 e. The molecule has 0 unspecified atom stereocenters. The Morgan fingerprint density at radius 3 is 2.40 bits per heavy atom. The Labute approximate surface area is 171 Å². The predicted molar refractivity (Wildman–Crippen MR) is 103 cm³/mol. The minimum atomic E-state index is -4.43. The van der Waals surface area contributed by atoms with Crippen LogP contribution >= 0.6 is 0 Å². The molecule has 0 bridgehead atoms. The lowest BCUT2D eigenvalue weighted by molar-refractivity contribution is -0.154. The summed E-state index contributed by atoms with van der Waals surface area (Å²) in [5, 5.41) is 11.5. The Morgan fingerprint density at radius 1 is 1.13 bits per heavy atom. The van der Waals surface area contributed by atoms with Gasteiger partial charge in [-0.25, -0.2) is 9.78 Å². The molecular weight excluding hydrogens is 399 g/mol. The number of aromatic nitrogens is 1. The van der Waals surface area contributed by atoms with Gasteiger partial charge in [0.25, 0.3) is 0 Å². The lowest BCUT2D eigenvalue weighted by atomic mass is 10.1. The molecule has 0 saturated carbocycles. The summed E-state index contributed by atoms with van der Waals surface area (Å²) < 4.78 is 41.0. The summed E-state index contributed by atoms with van der Waals surface area (Å²) in [5.41, 5.74) is 2.10. The number of benzene rings is 1. The summed E-state index contributed by atoms with van der Waals surface area (Å²) in [4.78, 5) is 20.1. The first-order chi connectivity index (χ1) is 14.3. The van der Waals surface area contributed by atoms with Gasteiger partial charge in [0, 0.05) is 38.8 Å². The van der Waals surface area contributed by atoms with Crippen LogP contribution in [0.25, 0.3) is 0 Å². The Kier molecular flexibility index (Phi) is 6.74. The number of nitrogens with zero attached hydrogens (tertiary/aromatic N) is 4. The van der Waals surface area contributed by atoms with E-state index in [2.05, 4.69) is 26.0 Å². The van der Waals surface area contributed by atoms with Crippen molar-refractivity contribution in [1.29, 1.82) is 5.26 Å². The van der Waals surface area contributed by atoms with Crippen LogP contribution in [0.5, 0.6) is 5.88 Å². The number of hydrogen-bond donors (Lipinski definition) is 1. The Hall–Kier alpha value is -3.32. The number of nitriles is 1. The summed E-state index contributed by atoms with van der Waals surface area (Å²) >= 11 is 0. The molecule has 1 N–H and O–H groups in total. The molecule has 7 nitrogen and oxygen atoms in total. The maximum Gasteiger partial charge on any atom is 0.422 e. The lowest BCUT2D eigenvalue weighted by Crippen LogP contribution is -2.49. The fourth-order valence-corrected chi connectivity index (χ4v) is 2.95. The van der Waals surface area contributed by atoms with E-state index in [9.17, 15) is 18.0 Å². The number of amides is 2. The third kappa shape index (κ3) is 6.35. The number of alkyl halides is 3. The fraction of sp³-hybridized carbons (Fsp3) is 0.350. The van der Waals surface area contributed by atoms with Crippen molar-refractivity contribution in [3.63, 3.8) is 0 Å². The highest BCUT2D eigenvalue weighted by Crippen LogP contribution is 2.18. The second-order valence-corrected chi connectivity index (χ2v) is 6.79. The third-order valence-electron chi connectivity index (χ3n) is 4.52. The van der Waals surface area contributed by atoms with Crippen molar-refractivity contribution in [2.45, 2.75) is 12.7 Å². The molecule has 1 fully saturated rings. The first kappa shape index (κ1) is 21.4. The van der Waals surface area contributed by atoms with Crippen LogP contribution in [0.4, 0.5) is 23.7 Å². The van der Waals surface area contributed by atoms with Gasteiger partial charge in [0.15, 0.2) is 6.61 Å². The molecule has 1 saturated heterocycles. The number of rotatable bonds is 5. The Morgan fingerprint density at radius 2 is 1.83 bits per heavy atom. The summed E-state index contributed by atoms with van der Waals surface area (Å²) in [7, 11) is 0. The summed E-state index contributed by atoms with van der Waals surface area (Å²) in [5.74, 6) is -0.165. The zero-order chi connectivity index (χ0) is 21.6. The summed E-state index contributed by atoms with van der Waals surface area (Å²) in [6.07, 6.45) is -3.18. The van der Waals surface area contributed by atoms with Gasteiger partial charge in [-0.2, -0.15) is 18.4 Å². The molecule has 1 aliphatic heterocycles. The summed E-state index contributed by atoms with van der Waals surface area (Å²) in [6, 6.07) is 11.9. The molecule has 2 heterocycles. The van der Waals surface area contributed by atoms with Gasteiger partial charge in [0.05, 0.1) is 23.5 Å². The molecule has 0 aliphatic carbocycles. The molecule has 158 valence electrons. The van der Waals surface area contributed by atoms with E-state index >= 15 is 0 Å². The number of anilines is 1. The highest BCUT2D eigenvalue weighted by Gasteiger charge is 2.28. The molecule has 0 spiro atoms. The number of ether oxygens (including phenoxy) is 1. The molecular formula is C20H20F3N5O2. The highest BCUT2D eigenvalue weighted by atomic mass is 19.4. The van der Waals surface area contributed by atoms with Crippen LogP contribution in [0.1, 0.15) is 11.1 Å². The lowest BCUT2D eigenvalue weighted by Gasteiger charge is -2.34. The van der Waals surface area contributed by atoms with Crippen molar-refractivity contribution in [2.75, 3.05) is 38.1 Å². The average Bonchev–Trinajstić information content (AvgIpc) is 2.74. The van der Waals surface area contributed by atoms with Gasteiger partial charge in [0.1, 0.15) is 0 Å². The van der Waals surface area contributed by atoms with E-state index in [1.54, 1.807) is 17.0 Å². The molecule has 3 rings (SSSR count). The van der Waals surface area contributed by atoms with Crippen molar-refractivity contribution in [1.82, 2.24) is 14.8 Å². The standard InChI is InChI=1S/C20H20F3N5O2/c21-20(22,23)14-30-18-6-5-17(12-25-18)26-19(29)28-9-7-27(8-10-28)13-16-3-1-15(11-24)2-4-16/h1-6,12H,7-10,13-14H2,(H,26,29). The number of hydrogen-bond acceptors (Lipinski definition) is 5. The first-order valence-corrected chi connectivity index (χ1v) is 9.25. The molecule has 1 aromatic carbocycles. The largest absolute Gasteiger partial charge is 0.468 e. The number of nitrogens with one attached hydrogen (secondary N) is 1. The second-order valence-electron chi connectivity index (χ2n) is 6.79. The van der Waals surface area contributed by atoms with Crippen molar-refractivity contribution in [2.24, 2.45) is 0 Å². The first-order valence-electron chi connectivity index (χ1n) is 9.25. The van der Waals surface area contributed by atoms with Crippen molar-refractivity contribution >= 4 is 11.7 Å². The highest BCUT2D eigenvalue weighted by molar-refractivity contribution is 5.89. The maximum atomic E-state index is 12.4. The summed E-state index contributed by atoms with van der Waals surface area (Å²) in [6.45, 7) is 1.82. The quantitative estimate of drug-likeness (QED) is 0.805. The molecule has 10 heteroatoms. The van der Waals surface area contributed by atoms with E-state index in [0.717, 1.165) is 12.1 Å². The fourth-order valence-electron chi connectivity index (χ4n) is 2.95. The topological polar surface area (TPSA) is 81.5 Å². The van der Waals surface area contributed by atoms with Gasteiger partial charge >= 0.3 is 12.2 Å². The van der Waals surface area contributed by atoms with Gasteiger partial charge < -0.3 is 15.0 Å². The Balaban J connectivity index is 1.44.